The van der Waals surface area contributed by atoms with Crippen molar-refractivity contribution in [2.45, 2.75) is 33.2 Å². The minimum atomic E-state index is -0.203. The van der Waals surface area contributed by atoms with Crippen LogP contribution in [0.25, 0.3) is 0 Å². The number of carbonyl (C=O) groups is 2. The maximum atomic E-state index is 13.1. The van der Waals surface area contributed by atoms with Crippen LogP contribution in [0.15, 0.2) is 30.4 Å². The number of rotatable bonds is 5. The summed E-state index contributed by atoms with van der Waals surface area (Å²) in [5, 5.41) is 10.2. The molecule has 1 saturated carbocycles. The molecular formula is C21H26N2O3. The number of phenols is 1. The highest BCUT2D eigenvalue weighted by atomic mass is 16.3. The highest BCUT2D eigenvalue weighted by molar-refractivity contribution is 6.22. The fraction of sp³-hybridized carbons (Fsp3) is 0.524. The first kappa shape index (κ1) is 17.3. The van der Waals surface area contributed by atoms with Gasteiger partial charge in [-0.3, -0.25) is 19.4 Å². The van der Waals surface area contributed by atoms with Crippen LogP contribution < -0.4 is 4.90 Å². The van der Waals surface area contributed by atoms with Crippen LogP contribution >= 0.6 is 0 Å². The molecule has 1 aromatic rings. The number of anilines is 1. The van der Waals surface area contributed by atoms with E-state index in [1.807, 2.05) is 0 Å². The van der Waals surface area contributed by atoms with Crippen molar-refractivity contribution in [3.05, 3.63) is 35.9 Å². The van der Waals surface area contributed by atoms with Crippen molar-refractivity contribution in [2.24, 2.45) is 23.7 Å². The Morgan fingerprint density at radius 3 is 2.12 bits per heavy atom. The Bertz CT molecular complexity index is 737. The Kier molecular flexibility index (Phi) is 4.35. The van der Waals surface area contributed by atoms with E-state index in [0.717, 1.165) is 31.5 Å². The Morgan fingerprint density at radius 1 is 1.04 bits per heavy atom. The van der Waals surface area contributed by atoms with Crippen molar-refractivity contribution in [1.29, 1.82) is 0 Å². The maximum absolute atomic E-state index is 13.1. The second kappa shape index (κ2) is 6.54. The molecule has 5 heteroatoms. The molecular weight excluding hydrogens is 328 g/mol. The molecule has 1 saturated heterocycles. The molecule has 5 nitrogen and oxygen atoms in total. The van der Waals surface area contributed by atoms with Crippen LogP contribution in [-0.2, 0) is 16.1 Å². The van der Waals surface area contributed by atoms with Crippen molar-refractivity contribution in [1.82, 2.24) is 4.90 Å². The lowest BCUT2D eigenvalue weighted by Crippen LogP contribution is -2.38. The zero-order valence-corrected chi connectivity index (χ0v) is 15.4. The molecule has 4 unspecified atom stereocenters. The molecule has 0 spiro atoms. The number of fused-ring (bicyclic) bond motifs is 1. The van der Waals surface area contributed by atoms with E-state index in [-0.39, 0.29) is 41.2 Å². The summed E-state index contributed by atoms with van der Waals surface area (Å²) in [4.78, 5) is 29.7. The van der Waals surface area contributed by atoms with Gasteiger partial charge in [-0.05, 0) is 56.0 Å². The minimum Gasteiger partial charge on any atom is -0.508 e. The molecule has 1 N–H and O–H groups in total. The molecule has 3 aliphatic carbocycles. The molecule has 1 heterocycles. The number of phenolic OH excluding ortho intramolecular Hbond substituents is 1. The number of amides is 2. The summed E-state index contributed by atoms with van der Waals surface area (Å²) in [6.07, 6.45) is 6.26. The van der Waals surface area contributed by atoms with Crippen molar-refractivity contribution < 1.29 is 14.7 Å². The van der Waals surface area contributed by atoms with E-state index in [1.165, 1.54) is 4.90 Å². The monoisotopic (exact) mass is 354 g/mol. The van der Waals surface area contributed by atoms with E-state index in [4.69, 9.17) is 0 Å². The second-order valence-corrected chi connectivity index (χ2v) is 7.63. The van der Waals surface area contributed by atoms with Crippen LogP contribution in [0.2, 0.25) is 0 Å². The molecule has 26 heavy (non-hydrogen) atoms. The zero-order valence-electron chi connectivity index (χ0n) is 15.4. The van der Waals surface area contributed by atoms with Gasteiger partial charge in [-0.15, -0.1) is 0 Å². The topological polar surface area (TPSA) is 60.9 Å². The number of imide groups is 1. The first-order valence-electron chi connectivity index (χ1n) is 9.65. The van der Waals surface area contributed by atoms with Gasteiger partial charge in [-0.25, -0.2) is 0 Å². The number of allylic oxidation sites excluding steroid dienone is 2. The van der Waals surface area contributed by atoms with Gasteiger partial charge in [0.2, 0.25) is 11.8 Å². The third kappa shape index (κ3) is 2.57. The summed E-state index contributed by atoms with van der Waals surface area (Å²) >= 11 is 0. The van der Waals surface area contributed by atoms with Crippen LogP contribution in [0.1, 0.15) is 32.3 Å². The van der Waals surface area contributed by atoms with Crippen LogP contribution in [-0.4, -0.2) is 34.9 Å². The quantitative estimate of drug-likeness (QED) is 0.652. The summed E-state index contributed by atoms with van der Waals surface area (Å²) in [7, 11) is 0. The summed E-state index contributed by atoms with van der Waals surface area (Å²) in [6, 6.07) is 5.09. The number of hydrogen-bond acceptors (Lipinski definition) is 4. The van der Waals surface area contributed by atoms with E-state index < -0.39 is 0 Å². The van der Waals surface area contributed by atoms with Crippen LogP contribution in [0, 0.1) is 23.7 Å². The average Bonchev–Trinajstić information content (AvgIpc) is 2.95. The van der Waals surface area contributed by atoms with Gasteiger partial charge in [0.1, 0.15) is 5.75 Å². The van der Waals surface area contributed by atoms with Gasteiger partial charge < -0.3 is 5.11 Å². The molecule has 2 bridgehead atoms. The average molecular weight is 354 g/mol. The summed E-state index contributed by atoms with van der Waals surface area (Å²) in [5.74, 6) is 0.0472. The molecule has 4 aliphatic rings. The van der Waals surface area contributed by atoms with Crippen LogP contribution in [0.4, 0.5) is 5.69 Å². The first-order valence-corrected chi connectivity index (χ1v) is 9.65. The third-order valence-corrected chi connectivity index (χ3v) is 6.37. The van der Waals surface area contributed by atoms with Gasteiger partial charge in [0.25, 0.3) is 0 Å². The van der Waals surface area contributed by atoms with Crippen LogP contribution in [0.5, 0.6) is 5.75 Å². The molecule has 2 fully saturated rings. The van der Waals surface area contributed by atoms with Gasteiger partial charge >= 0.3 is 0 Å². The minimum absolute atomic E-state index is 0.0708. The second-order valence-electron chi connectivity index (χ2n) is 7.63. The summed E-state index contributed by atoms with van der Waals surface area (Å²) in [5.41, 5.74) is 1.34. The van der Waals surface area contributed by atoms with Crippen molar-refractivity contribution in [2.75, 3.05) is 18.0 Å². The number of aromatic hydroxyl groups is 1. The highest BCUT2D eigenvalue weighted by Crippen LogP contribution is 2.50. The lowest BCUT2D eigenvalue weighted by Gasteiger charge is -2.38. The lowest BCUT2D eigenvalue weighted by atomic mass is 9.63. The van der Waals surface area contributed by atoms with Gasteiger partial charge in [0, 0.05) is 12.1 Å². The standard InChI is InChI=1S/C21H26N2O3/c1-3-22(4-2)12-15-11-16(9-10-17(15)24)23-20(25)18-13-5-6-14(8-7-13)19(18)21(23)26/h5-6,9-11,13-14,18-19,24H,3-4,7-8,12H2,1-2H3. The molecule has 138 valence electrons. The largest absolute Gasteiger partial charge is 0.508 e. The molecule has 0 radical (unpaired) electrons. The van der Waals surface area contributed by atoms with E-state index >= 15 is 0 Å². The molecule has 0 aromatic heterocycles. The number of nitrogens with zero attached hydrogens (tertiary/aromatic N) is 2. The van der Waals surface area contributed by atoms with E-state index in [9.17, 15) is 14.7 Å². The Balaban J connectivity index is 1.66. The van der Waals surface area contributed by atoms with Gasteiger partial charge in [-0.2, -0.15) is 0 Å². The van der Waals surface area contributed by atoms with Gasteiger partial charge in [0.15, 0.2) is 0 Å². The molecule has 4 atom stereocenters. The van der Waals surface area contributed by atoms with Crippen LogP contribution in [0.3, 0.4) is 0 Å². The van der Waals surface area contributed by atoms with Gasteiger partial charge in [-0.1, -0.05) is 26.0 Å². The summed E-state index contributed by atoms with van der Waals surface area (Å²) < 4.78 is 0. The third-order valence-electron chi connectivity index (χ3n) is 6.37. The van der Waals surface area contributed by atoms with Crippen molar-refractivity contribution in [3.63, 3.8) is 0 Å². The Morgan fingerprint density at radius 2 is 1.62 bits per heavy atom. The smallest absolute Gasteiger partial charge is 0.238 e. The predicted octanol–water partition coefficient (Wildman–Crippen LogP) is 2.94. The highest BCUT2D eigenvalue weighted by Gasteiger charge is 2.56. The number of hydrogen-bond donors (Lipinski definition) is 1. The molecule has 2 amide bonds. The van der Waals surface area contributed by atoms with E-state index in [2.05, 4.69) is 30.9 Å². The number of carbonyl (C=O) groups excluding carboxylic acids is 2. The molecule has 5 rings (SSSR count). The molecule has 1 aliphatic heterocycles. The SMILES string of the molecule is CCN(CC)Cc1cc(N2C(=O)C3C4C=CC(CC4)C3C2=O)ccc1O. The van der Waals surface area contributed by atoms with Crippen molar-refractivity contribution in [3.8, 4) is 5.75 Å². The zero-order chi connectivity index (χ0) is 18.4. The lowest BCUT2D eigenvalue weighted by molar-refractivity contribution is -0.124. The van der Waals surface area contributed by atoms with E-state index in [0.29, 0.717) is 12.2 Å². The van der Waals surface area contributed by atoms with Gasteiger partial charge in [0.05, 0.1) is 17.5 Å². The predicted molar refractivity (Wildman–Crippen MR) is 99.6 cm³/mol. The fourth-order valence-electron chi connectivity index (χ4n) is 4.85. The number of benzene rings is 1. The Labute approximate surface area is 154 Å². The maximum Gasteiger partial charge on any atom is 0.238 e. The fourth-order valence-corrected chi connectivity index (χ4v) is 4.85. The first-order chi connectivity index (χ1) is 12.5. The molecule has 1 aromatic carbocycles. The Hall–Kier alpha value is -2.14. The summed E-state index contributed by atoms with van der Waals surface area (Å²) in [6.45, 7) is 6.50. The van der Waals surface area contributed by atoms with E-state index in [1.54, 1.807) is 18.2 Å². The van der Waals surface area contributed by atoms with Crippen molar-refractivity contribution >= 4 is 17.5 Å². The normalized spacial score (nSPS) is 29.7.